The minimum absolute atomic E-state index is 0. The number of carbonyl (C=O) groups is 2. The minimum atomic E-state index is -5.34. The van der Waals surface area contributed by atoms with E-state index in [1.54, 1.807) is 50.2 Å². The third kappa shape index (κ3) is 10.2. The van der Waals surface area contributed by atoms with Crippen LogP contribution >= 0.6 is 0 Å². The van der Waals surface area contributed by atoms with Crippen molar-refractivity contribution in [1.29, 1.82) is 0 Å². The summed E-state index contributed by atoms with van der Waals surface area (Å²) < 4.78 is 107. The second-order valence-corrected chi connectivity index (χ2v) is 16.1. The molecule has 0 aliphatic heterocycles. The predicted octanol–water partition coefficient (Wildman–Crippen LogP) is -5.85. The van der Waals surface area contributed by atoms with Crippen LogP contribution in [0.5, 0.6) is 0 Å². The Labute approximate surface area is 393 Å². The number of carbonyl (C=O) groups excluding carboxylic acids is 2. The van der Waals surface area contributed by atoms with Crippen molar-refractivity contribution < 1.29 is 137 Å². The van der Waals surface area contributed by atoms with Gasteiger partial charge in [0.15, 0.2) is 0 Å². The summed E-state index contributed by atoms with van der Waals surface area (Å²) in [5.41, 5.74) is 18.1. The molecule has 0 heterocycles. The number of ketones is 2. The molecule has 2 aliphatic rings. The van der Waals surface area contributed by atoms with Crippen LogP contribution in [0.2, 0.25) is 0 Å². The van der Waals surface area contributed by atoms with Crippen molar-refractivity contribution >= 4 is 88.2 Å². The summed E-state index contributed by atoms with van der Waals surface area (Å²) in [6.45, 7) is 3.39. The van der Waals surface area contributed by atoms with E-state index in [2.05, 4.69) is 21.1 Å². The molecule has 0 saturated heterocycles. The van der Waals surface area contributed by atoms with Crippen molar-refractivity contribution in [3.05, 3.63) is 110 Å². The zero-order valence-corrected chi connectivity index (χ0v) is 39.2. The summed E-state index contributed by atoms with van der Waals surface area (Å²) in [6, 6.07) is 15.8. The Balaban J connectivity index is 0.00000290. The summed E-state index contributed by atoms with van der Waals surface area (Å²) in [5.74, 6) is -1.91. The van der Waals surface area contributed by atoms with Gasteiger partial charge in [-0.05, 0) is 108 Å². The number of nitrogen functional groups attached to an aromatic ring is 2. The smallest absolute Gasteiger partial charge is 0.744 e. The normalized spacial score (nSPS) is 15.2. The van der Waals surface area contributed by atoms with Crippen molar-refractivity contribution in [1.82, 2.24) is 0 Å². The number of allylic oxidation sites excluding steroid dienone is 2. The maximum Gasteiger partial charge on any atom is 1.00 e. The fourth-order valence-corrected chi connectivity index (χ4v) is 7.56. The molecule has 57 heavy (non-hydrogen) atoms. The molecule has 0 radical (unpaired) electrons. The van der Waals surface area contributed by atoms with E-state index in [9.17, 15) is 48.5 Å². The first-order chi connectivity index (χ1) is 25.1. The first-order valence-corrected chi connectivity index (χ1v) is 19.5. The number of rotatable bonds is 8. The number of benzene rings is 4. The van der Waals surface area contributed by atoms with Gasteiger partial charge in [-0.2, -0.15) is 10.2 Å². The van der Waals surface area contributed by atoms with Crippen LogP contribution in [-0.4, -0.2) is 61.9 Å². The van der Waals surface area contributed by atoms with Crippen molar-refractivity contribution in [3.8, 4) is 11.1 Å². The van der Waals surface area contributed by atoms with Gasteiger partial charge in [0.25, 0.3) is 0 Å². The van der Waals surface area contributed by atoms with Crippen LogP contribution in [0.1, 0.15) is 43.0 Å². The monoisotopic (exact) mass is 858 g/mol. The molecule has 278 valence electrons. The van der Waals surface area contributed by atoms with E-state index in [4.69, 9.17) is 11.5 Å². The number of hydrogen-bond donors (Lipinski definition) is 4. The largest absolute Gasteiger partial charge is 1.00 e. The Morgan fingerprint density at radius 2 is 1.05 bits per heavy atom. The van der Waals surface area contributed by atoms with Gasteiger partial charge in [-0.25, -0.2) is 25.3 Å². The molecule has 0 saturated carbocycles. The van der Waals surface area contributed by atoms with E-state index in [0.717, 1.165) is 24.3 Å². The number of nitrogens with two attached hydrogens (primary N) is 2. The Hall–Kier alpha value is -3.03. The molecule has 6 rings (SSSR count). The molecule has 4 aromatic rings. The van der Waals surface area contributed by atoms with Crippen LogP contribution in [0.15, 0.2) is 91.6 Å². The van der Waals surface area contributed by atoms with Gasteiger partial charge in [0, 0.05) is 16.9 Å². The predicted molar refractivity (Wildman–Crippen MR) is 197 cm³/mol. The van der Waals surface area contributed by atoms with Gasteiger partial charge in [-0.15, -0.1) is 0 Å². The standard InChI is InChI=1S/C34H28N6O11S3.3Na/c1-16-9-18(4-7-26(16)37-39-31-28(53(46,47)48)12-20-3-6-22(35)14-24(20)33(31)41)19-5-8-27(17(2)10-19)38-40-32-29(54(49,50)51)13-21-11-23(52(43,44)45)15-25(36)30(21)34(32)42;;;/h3-15,37-38H,35-36H2,1-2H3,(H,43,44,45)(H,46,47,48)(H,49,50,51);;;/q;3*+1/p-3/b39-31+,40-32-;;;. The van der Waals surface area contributed by atoms with Crippen LogP contribution in [0, 0.1) is 13.8 Å². The number of aryl methyl sites for hydroxylation is 2. The Bertz CT molecular complexity index is 2840. The number of anilines is 4. The molecule has 0 unspecified atom stereocenters. The molecule has 23 heteroatoms. The van der Waals surface area contributed by atoms with Crippen LogP contribution < -0.4 is 111 Å². The number of nitrogens with one attached hydrogen (secondary N) is 2. The topological polar surface area (TPSA) is 307 Å². The van der Waals surface area contributed by atoms with E-state index in [0.29, 0.717) is 33.6 Å². The maximum absolute atomic E-state index is 13.3. The molecular weight excluding hydrogens is 834 g/mol. The number of hydrazone groups is 2. The SMILES string of the molecule is Cc1cc(-c2ccc(N/N=C3\C(=O)c4c(N)cc(S(=O)(=O)[O-])cc4C=C3S(=O)(=O)[O-])c(C)c2)ccc1N/N=C1/C(=O)c2cc(N)ccc2C=C1S(=O)(=O)[O-].[Na+].[Na+].[Na+]. The van der Waals surface area contributed by atoms with Crippen LogP contribution in [0.4, 0.5) is 22.7 Å². The molecule has 17 nitrogen and oxygen atoms in total. The average Bonchev–Trinajstić information content (AvgIpc) is 3.07. The maximum atomic E-state index is 13.3. The molecule has 6 N–H and O–H groups in total. The molecule has 0 fully saturated rings. The molecule has 2 aliphatic carbocycles. The van der Waals surface area contributed by atoms with Crippen molar-refractivity contribution in [2.45, 2.75) is 18.7 Å². The first-order valence-electron chi connectivity index (χ1n) is 15.3. The number of fused-ring (bicyclic) bond motifs is 2. The van der Waals surface area contributed by atoms with Crippen molar-refractivity contribution in [3.63, 3.8) is 0 Å². The Morgan fingerprint density at radius 3 is 1.51 bits per heavy atom. The van der Waals surface area contributed by atoms with E-state index in [-0.39, 0.29) is 117 Å². The first kappa shape index (κ1) is 48.3. The molecule has 0 spiro atoms. The van der Waals surface area contributed by atoms with Gasteiger partial charge in [-0.1, -0.05) is 18.2 Å². The zero-order valence-electron chi connectivity index (χ0n) is 30.8. The fourth-order valence-electron chi connectivity index (χ4n) is 5.73. The molecule has 0 amide bonds. The molecular formula is C34H25N6Na3O11S3. The number of hydrogen-bond acceptors (Lipinski definition) is 17. The molecule has 4 aromatic carbocycles. The van der Waals surface area contributed by atoms with E-state index in [1.807, 2.05) is 0 Å². The van der Waals surface area contributed by atoms with Gasteiger partial charge in [0.05, 0.1) is 31.6 Å². The average molecular weight is 859 g/mol. The zero-order chi connectivity index (χ0) is 39.5. The summed E-state index contributed by atoms with van der Waals surface area (Å²) in [4.78, 5) is 23.8. The summed E-state index contributed by atoms with van der Waals surface area (Å²) in [7, 11) is -15.5. The third-order valence-corrected chi connectivity index (χ3v) is 10.9. The Kier molecular flexibility index (Phi) is 15.3. The van der Waals surface area contributed by atoms with E-state index in [1.165, 1.54) is 18.2 Å². The Morgan fingerprint density at radius 1 is 0.579 bits per heavy atom. The van der Waals surface area contributed by atoms with Gasteiger partial charge in [-0.3, -0.25) is 20.4 Å². The summed E-state index contributed by atoms with van der Waals surface area (Å²) in [5, 5.41) is 7.90. The van der Waals surface area contributed by atoms with Gasteiger partial charge >= 0.3 is 88.7 Å². The summed E-state index contributed by atoms with van der Waals surface area (Å²) >= 11 is 0. The third-order valence-electron chi connectivity index (χ3n) is 8.38. The second kappa shape index (κ2) is 18.1. The number of Topliss-reactive ketones (excluding diaryl/α,β-unsaturated/α-hetero) is 2. The van der Waals surface area contributed by atoms with E-state index < -0.39 is 73.7 Å². The van der Waals surface area contributed by atoms with Crippen molar-refractivity contribution in [2.24, 2.45) is 10.2 Å². The second-order valence-electron chi connectivity index (χ2n) is 12.1. The van der Waals surface area contributed by atoms with Gasteiger partial charge in [0.2, 0.25) is 11.6 Å². The van der Waals surface area contributed by atoms with Crippen molar-refractivity contribution in [2.75, 3.05) is 22.3 Å². The van der Waals surface area contributed by atoms with Crippen LogP contribution in [0.3, 0.4) is 0 Å². The minimum Gasteiger partial charge on any atom is -0.744 e. The molecule has 0 bridgehead atoms. The van der Waals surface area contributed by atoms with Crippen LogP contribution in [0.25, 0.3) is 23.3 Å². The van der Waals surface area contributed by atoms with E-state index >= 15 is 0 Å². The van der Waals surface area contributed by atoms with Crippen LogP contribution in [-0.2, 0) is 30.4 Å². The summed E-state index contributed by atoms with van der Waals surface area (Å²) in [6.07, 6.45) is 1.78. The number of nitrogens with zero attached hydrogens (tertiary/aromatic N) is 2. The molecule has 0 aromatic heterocycles. The fraction of sp³-hybridized carbons (Fsp3) is 0.0588. The molecule has 0 atom stereocenters. The van der Waals surface area contributed by atoms with Gasteiger partial charge < -0.3 is 25.1 Å². The van der Waals surface area contributed by atoms with Gasteiger partial charge in [0.1, 0.15) is 41.8 Å². The quantitative estimate of drug-likeness (QED) is 0.0555.